The first kappa shape index (κ1) is 19.0. The molecule has 0 saturated carbocycles. The van der Waals surface area contributed by atoms with Gasteiger partial charge < -0.3 is 20.9 Å². The zero-order chi connectivity index (χ0) is 18.2. The van der Waals surface area contributed by atoms with Crippen LogP contribution in [0.25, 0.3) is 0 Å². The summed E-state index contributed by atoms with van der Waals surface area (Å²) in [6, 6.07) is 2.08. The third-order valence-electron chi connectivity index (χ3n) is 4.04. The molecule has 138 valence electrons. The lowest BCUT2D eigenvalue weighted by atomic mass is 10.1. The molecule has 2 heterocycles. The highest BCUT2D eigenvalue weighted by Crippen LogP contribution is 2.25. The lowest BCUT2D eigenvalue weighted by Gasteiger charge is -2.20. The Morgan fingerprint density at radius 3 is 2.84 bits per heavy atom. The number of aliphatic hydroxyl groups is 1. The average molecular weight is 348 g/mol. The standard InChI is InChI=1S/C17H28N6O2/c1-4-5-6-13(7-8-24)20-16-15(10-19-17(18)21-16)25-11-14-9-12(2)23(3)22-14/h9-10,13,24H,4-8,11H2,1-3H3,(H3,18,19,20,21)/t13-/m0/s1. The Kier molecular flexibility index (Phi) is 7.00. The van der Waals surface area contributed by atoms with Gasteiger partial charge in [0.25, 0.3) is 0 Å². The highest BCUT2D eigenvalue weighted by molar-refractivity contribution is 5.51. The smallest absolute Gasteiger partial charge is 0.222 e. The fraction of sp³-hybridized carbons (Fsp3) is 0.588. The van der Waals surface area contributed by atoms with Crippen LogP contribution in [0.3, 0.4) is 0 Å². The number of nitrogens with two attached hydrogens (primary N) is 1. The predicted molar refractivity (Wildman–Crippen MR) is 97.4 cm³/mol. The van der Waals surface area contributed by atoms with Gasteiger partial charge in [-0.15, -0.1) is 0 Å². The monoisotopic (exact) mass is 348 g/mol. The largest absolute Gasteiger partial charge is 0.482 e. The van der Waals surface area contributed by atoms with Crippen LogP contribution in [0, 0.1) is 6.92 Å². The van der Waals surface area contributed by atoms with E-state index in [4.69, 9.17) is 10.5 Å². The number of nitrogens with zero attached hydrogens (tertiary/aromatic N) is 4. The van der Waals surface area contributed by atoms with E-state index in [-0.39, 0.29) is 18.6 Å². The van der Waals surface area contributed by atoms with Crippen molar-refractivity contribution < 1.29 is 9.84 Å². The molecular weight excluding hydrogens is 320 g/mol. The second-order valence-electron chi connectivity index (χ2n) is 6.13. The number of aliphatic hydroxyl groups excluding tert-OH is 1. The molecule has 0 amide bonds. The van der Waals surface area contributed by atoms with Gasteiger partial charge in [0.1, 0.15) is 12.3 Å². The maximum atomic E-state index is 9.28. The van der Waals surface area contributed by atoms with Gasteiger partial charge in [-0.2, -0.15) is 10.1 Å². The molecule has 1 atom stereocenters. The fourth-order valence-corrected chi connectivity index (χ4v) is 2.54. The summed E-state index contributed by atoms with van der Waals surface area (Å²) in [5.41, 5.74) is 7.62. The van der Waals surface area contributed by atoms with Crippen LogP contribution in [-0.4, -0.2) is 37.5 Å². The number of aryl methyl sites for hydroxylation is 2. The van der Waals surface area contributed by atoms with E-state index >= 15 is 0 Å². The Balaban J connectivity index is 2.09. The highest BCUT2D eigenvalue weighted by Gasteiger charge is 2.14. The van der Waals surface area contributed by atoms with Gasteiger partial charge in [-0.25, -0.2) is 4.98 Å². The third-order valence-corrected chi connectivity index (χ3v) is 4.04. The van der Waals surface area contributed by atoms with E-state index in [0.29, 0.717) is 24.6 Å². The second kappa shape index (κ2) is 9.22. The minimum absolute atomic E-state index is 0.110. The number of hydrogen-bond acceptors (Lipinski definition) is 7. The van der Waals surface area contributed by atoms with Crippen molar-refractivity contribution in [2.24, 2.45) is 7.05 Å². The van der Waals surface area contributed by atoms with Crippen molar-refractivity contribution in [1.29, 1.82) is 0 Å². The molecule has 0 radical (unpaired) electrons. The molecule has 0 saturated heterocycles. The molecular formula is C17H28N6O2. The van der Waals surface area contributed by atoms with Crippen LogP contribution in [0.4, 0.5) is 11.8 Å². The molecule has 0 aliphatic carbocycles. The minimum atomic E-state index is 0.110. The van der Waals surface area contributed by atoms with Crippen molar-refractivity contribution in [2.75, 3.05) is 17.7 Å². The van der Waals surface area contributed by atoms with Crippen molar-refractivity contribution in [3.63, 3.8) is 0 Å². The van der Waals surface area contributed by atoms with E-state index in [9.17, 15) is 5.11 Å². The van der Waals surface area contributed by atoms with Crippen molar-refractivity contribution in [1.82, 2.24) is 19.7 Å². The molecule has 0 bridgehead atoms. The first-order valence-corrected chi connectivity index (χ1v) is 8.65. The van der Waals surface area contributed by atoms with E-state index in [1.165, 1.54) is 0 Å². The van der Waals surface area contributed by atoms with Crippen LogP contribution in [-0.2, 0) is 13.7 Å². The quantitative estimate of drug-likeness (QED) is 0.602. The lowest BCUT2D eigenvalue weighted by molar-refractivity contribution is 0.275. The van der Waals surface area contributed by atoms with Gasteiger partial charge in [0, 0.05) is 25.4 Å². The van der Waals surface area contributed by atoms with Crippen molar-refractivity contribution in [2.45, 2.75) is 52.2 Å². The number of hydrogen-bond donors (Lipinski definition) is 3. The summed E-state index contributed by atoms with van der Waals surface area (Å²) < 4.78 is 7.65. The number of nitrogen functional groups attached to an aromatic ring is 1. The van der Waals surface area contributed by atoms with Crippen LogP contribution >= 0.6 is 0 Å². The maximum absolute atomic E-state index is 9.28. The van der Waals surface area contributed by atoms with Crippen LogP contribution in [0.5, 0.6) is 5.75 Å². The number of rotatable bonds is 10. The maximum Gasteiger partial charge on any atom is 0.222 e. The number of anilines is 2. The minimum Gasteiger partial charge on any atom is -0.482 e. The van der Waals surface area contributed by atoms with E-state index in [0.717, 1.165) is 30.7 Å². The molecule has 8 heteroatoms. The van der Waals surface area contributed by atoms with E-state index < -0.39 is 0 Å². The second-order valence-corrected chi connectivity index (χ2v) is 6.13. The number of unbranched alkanes of at least 4 members (excludes halogenated alkanes) is 1. The molecule has 8 nitrogen and oxygen atoms in total. The molecule has 2 rings (SSSR count). The average Bonchev–Trinajstić information content (AvgIpc) is 2.90. The number of ether oxygens (including phenoxy) is 1. The van der Waals surface area contributed by atoms with Crippen LogP contribution in [0.15, 0.2) is 12.3 Å². The number of nitrogens with one attached hydrogen (secondary N) is 1. The predicted octanol–water partition coefficient (Wildman–Crippen LogP) is 2.03. The van der Waals surface area contributed by atoms with E-state index in [2.05, 4.69) is 27.3 Å². The van der Waals surface area contributed by atoms with Gasteiger partial charge in [-0.1, -0.05) is 19.8 Å². The molecule has 0 aliphatic rings. The molecule has 0 aliphatic heterocycles. The Morgan fingerprint density at radius 2 is 2.20 bits per heavy atom. The Bertz CT molecular complexity index is 654. The van der Waals surface area contributed by atoms with Gasteiger partial charge in [0.15, 0.2) is 11.6 Å². The lowest BCUT2D eigenvalue weighted by Crippen LogP contribution is -2.22. The first-order valence-electron chi connectivity index (χ1n) is 8.65. The number of aromatic nitrogens is 4. The molecule has 0 aromatic carbocycles. The van der Waals surface area contributed by atoms with Gasteiger partial charge >= 0.3 is 0 Å². The van der Waals surface area contributed by atoms with Crippen molar-refractivity contribution >= 4 is 11.8 Å². The summed E-state index contributed by atoms with van der Waals surface area (Å²) in [6.07, 6.45) is 5.32. The Morgan fingerprint density at radius 1 is 1.40 bits per heavy atom. The summed E-state index contributed by atoms with van der Waals surface area (Å²) in [5, 5.41) is 17.0. The molecule has 0 spiro atoms. The molecule has 4 N–H and O–H groups in total. The van der Waals surface area contributed by atoms with E-state index in [1.807, 2.05) is 20.0 Å². The summed E-state index contributed by atoms with van der Waals surface area (Å²) >= 11 is 0. The summed E-state index contributed by atoms with van der Waals surface area (Å²) in [4.78, 5) is 8.28. The van der Waals surface area contributed by atoms with Gasteiger partial charge in [0.05, 0.1) is 6.20 Å². The van der Waals surface area contributed by atoms with Crippen LogP contribution in [0.2, 0.25) is 0 Å². The topological polar surface area (TPSA) is 111 Å². The van der Waals surface area contributed by atoms with Gasteiger partial charge in [-0.3, -0.25) is 4.68 Å². The highest BCUT2D eigenvalue weighted by atomic mass is 16.5. The molecule has 2 aromatic heterocycles. The van der Waals surface area contributed by atoms with Gasteiger partial charge in [0.2, 0.25) is 5.95 Å². The van der Waals surface area contributed by atoms with Crippen molar-refractivity contribution in [3.05, 3.63) is 23.7 Å². The van der Waals surface area contributed by atoms with Crippen molar-refractivity contribution in [3.8, 4) is 5.75 Å². The van der Waals surface area contributed by atoms with Crippen LogP contribution in [0.1, 0.15) is 44.0 Å². The zero-order valence-electron chi connectivity index (χ0n) is 15.2. The van der Waals surface area contributed by atoms with Crippen LogP contribution < -0.4 is 15.8 Å². The fourth-order valence-electron chi connectivity index (χ4n) is 2.54. The summed E-state index contributed by atoms with van der Waals surface area (Å²) in [7, 11) is 1.89. The zero-order valence-corrected chi connectivity index (χ0v) is 15.2. The molecule has 2 aromatic rings. The Hall–Kier alpha value is -2.35. The molecule has 0 fully saturated rings. The SMILES string of the molecule is CCCC[C@@H](CCO)Nc1nc(N)ncc1OCc1cc(C)n(C)n1. The third kappa shape index (κ3) is 5.60. The summed E-state index contributed by atoms with van der Waals surface area (Å²) in [5.74, 6) is 1.26. The Labute approximate surface area is 148 Å². The van der Waals surface area contributed by atoms with E-state index in [1.54, 1.807) is 10.9 Å². The molecule has 25 heavy (non-hydrogen) atoms. The summed E-state index contributed by atoms with van der Waals surface area (Å²) in [6.45, 7) is 4.57. The normalized spacial score (nSPS) is 12.2. The first-order chi connectivity index (χ1) is 12.0. The van der Waals surface area contributed by atoms with Gasteiger partial charge in [-0.05, 0) is 25.8 Å². The molecule has 0 unspecified atom stereocenters.